The van der Waals surface area contributed by atoms with Crippen molar-refractivity contribution in [3.05, 3.63) is 53.7 Å². The molecular weight excluding hydrogens is 372 g/mol. The van der Waals surface area contributed by atoms with Gasteiger partial charge in [-0.3, -0.25) is 10.1 Å². The lowest BCUT2D eigenvalue weighted by atomic mass is 10.0. The second kappa shape index (κ2) is 8.94. The van der Waals surface area contributed by atoms with Crippen LogP contribution in [0.3, 0.4) is 0 Å². The Morgan fingerprint density at radius 2 is 1.74 bits per heavy atom. The fraction of sp³-hybridized carbons (Fsp3) is 0.316. The van der Waals surface area contributed by atoms with Crippen LogP contribution in [0.25, 0.3) is 0 Å². The minimum atomic E-state index is -1.15. The summed E-state index contributed by atoms with van der Waals surface area (Å²) in [6.45, 7) is 0. The summed E-state index contributed by atoms with van der Waals surface area (Å²) in [7, 11) is 0. The van der Waals surface area contributed by atoms with E-state index in [9.17, 15) is 18.4 Å². The summed E-state index contributed by atoms with van der Waals surface area (Å²) in [6, 6.07) is 5.61. The van der Waals surface area contributed by atoms with Gasteiger partial charge in [0.2, 0.25) is 0 Å². The Kier molecular flexibility index (Phi) is 6.39. The first-order valence-corrected chi connectivity index (χ1v) is 9.60. The van der Waals surface area contributed by atoms with Crippen molar-refractivity contribution in [3.63, 3.8) is 0 Å². The van der Waals surface area contributed by atoms with Crippen molar-refractivity contribution >= 4 is 29.4 Å². The number of thioether (sulfide) groups is 1. The highest BCUT2D eigenvalue weighted by molar-refractivity contribution is 7.99. The third kappa shape index (κ3) is 5.26. The molecule has 0 radical (unpaired) electrons. The predicted octanol–water partition coefficient (Wildman–Crippen LogP) is 4.75. The normalized spacial score (nSPS) is 14.6. The zero-order valence-electron chi connectivity index (χ0n) is 14.5. The molecule has 1 fully saturated rings. The molecule has 27 heavy (non-hydrogen) atoms. The van der Waals surface area contributed by atoms with Gasteiger partial charge < -0.3 is 5.32 Å². The number of nitrogens with one attached hydrogen (secondary N) is 2. The number of nitrogens with zero attached hydrogens (tertiary/aromatic N) is 1. The van der Waals surface area contributed by atoms with Crippen LogP contribution in [0, 0.1) is 11.6 Å². The number of urea groups is 1. The Bertz CT molecular complexity index is 804. The Hall–Kier alpha value is -2.48. The first kappa shape index (κ1) is 19.3. The number of amides is 3. The van der Waals surface area contributed by atoms with Crippen molar-refractivity contribution in [2.45, 2.75) is 42.4 Å². The molecule has 0 aliphatic heterocycles. The molecular formula is C19H19F2N3O2S. The molecule has 2 aromatic rings. The van der Waals surface area contributed by atoms with E-state index in [0.29, 0.717) is 10.9 Å². The number of hydrogen-bond donors (Lipinski definition) is 2. The number of benzene rings is 1. The minimum Gasteiger partial charge on any atom is -0.306 e. The number of anilines is 1. The number of carbonyl (C=O) groups excluding carboxylic acids is 2. The van der Waals surface area contributed by atoms with Crippen molar-refractivity contribution in [3.8, 4) is 0 Å². The van der Waals surface area contributed by atoms with Crippen LogP contribution in [0.1, 0.15) is 42.5 Å². The van der Waals surface area contributed by atoms with Crippen molar-refractivity contribution in [2.24, 2.45) is 0 Å². The summed E-state index contributed by atoms with van der Waals surface area (Å²) in [5.74, 6) is -3.22. The van der Waals surface area contributed by atoms with E-state index in [-0.39, 0.29) is 0 Å². The molecule has 1 aliphatic rings. The van der Waals surface area contributed by atoms with Crippen molar-refractivity contribution in [2.75, 3.05) is 5.32 Å². The molecule has 3 amide bonds. The second-order valence-electron chi connectivity index (χ2n) is 6.27. The predicted molar refractivity (Wildman–Crippen MR) is 99.8 cm³/mol. The molecule has 1 heterocycles. The number of halogens is 2. The van der Waals surface area contributed by atoms with Crippen molar-refractivity contribution < 1.29 is 18.4 Å². The lowest BCUT2D eigenvalue weighted by molar-refractivity contribution is 0.0959. The zero-order valence-corrected chi connectivity index (χ0v) is 15.3. The fourth-order valence-electron chi connectivity index (χ4n) is 2.92. The molecule has 1 aromatic heterocycles. The van der Waals surface area contributed by atoms with Gasteiger partial charge in [-0.2, -0.15) is 0 Å². The molecule has 0 spiro atoms. The topological polar surface area (TPSA) is 71.1 Å². The quantitative estimate of drug-likeness (QED) is 0.789. The SMILES string of the molecule is O=C(NC(=O)c1c(F)cccc1F)Nc1ccc(SC2CCCCC2)nc1. The van der Waals surface area contributed by atoms with E-state index >= 15 is 0 Å². The van der Waals surface area contributed by atoms with E-state index in [1.54, 1.807) is 23.9 Å². The highest BCUT2D eigenvalue weighted by Gasteiger charge is 2.19. The molecule has 0 bridgehead atoms. The van der Waals surface area contributed by atoms with E-state index in [0.717, 1.165) is 23.2 Å². The summed E-state index contributed by atoms with van der Waals surface area (Å²) < 4.78 is 27.1. The van der Waals surface area contributed by atoms with Gasteiger partial charge in [0, 0.05) is 5.25 Å². The summed E-state index contributed by atoms with van der Waals surface area (Å²) in [6.07, 6.45) is 7.63. The van der Waals surface area contributed by atoms with Gasteiger partial charge in [0.15, 0.2) is 0 Å². The van der Waals surface area contributed by atoms with Crippen LogP contribution in [-0.2, 0) is 0 Å². The molecule has 0 unspecified atom stereocenters. The molecule has 0 atom stereocenters. The number of hydrogen-bond acceptors (Lipinski definition) is 4. The van der Waals surface area contributed by atoms with Gasteiger partial charge in [0.1, 0.15) is 17.2 Å². The summed E-state index contributed by atoms with van der Waals surface area (Å²) in [5, 5.41) is 5.77. The van der Waals surface area contributed by atoms with Gasteiger partial charge in [-0.1, -0.05) is 25.3 Å². The Balaban J connectivity index is 1.55. The number of rotatable bonds is 4. The molecule has 3 rings (SSSR count). The number of pyridine rings is 1. The lowest BCUT2D eigenvalue weighted by Crippen LogP contribution is -2.35. The van der Waals surface area contributed by atoms with Gasteiger partial charge in [-0.15, -0.1) is 11.8 Å². The smallest absolute Gasteiger partial charge is 0.306 e. The van der Waals surface area contributed by atoms with E-state index in [1.165, 1.54) is 38.3 Å². The molecule has 8 heteroatoms. The molecule has 5 nitrogen and oxygen atoms in total. The van der Waals surface area contributed by atoms with Gasteiger partial charge in [-0.05, 0) is 37.1 Å². The Labute approximate surface area is 159 Å². The van der Waals surface area contributed by atoms with Crippen LogP contribution in [0.2, 0.25) is 0 Å². The number of imide groups is 1. The average Bonchev–Trinajstić information content (AvgIpc) is 2.64. The maximum atomic E-state index is 13.6. The van der Waals surface area contributed by atoms with Gasteiger partial charge >= 0.3 is 6.03 Å². The fourth-order valence-corrected chi connectivity index (χ4v) is 4.09. The van der Waals surface area contributed by atoms with Gasteiger partial charge in [0.25, 0.3) is 5.91 Å². The Morgan fingerprint density at radius 1 is 1.04 bits per heavy atom. The van der Waals surface area contributed by atoms with Crippen LogP contribution in [0.4, 0.5) is 19.3 Å². The largest absolute Gasteiger partial charge is 0.326 e. The second-order valence-corrected chi connectivity index (χ2v) is 7.59. The highest BCUT2D eigenvalue weighted by Crippen LogP contribution is 2.32. The summed E-state index contributed by atoms with van der Waals surface area (Å²) in [4.78, 5) is 28.1. The zero-order chi connectivity index (χ0) is 19.2. The third-order valence-electron chi connectivity index (χ3n) is 4.25. The molecule has 142 valence electrons. The lowest BCUT2D eigenvalue weighted by Gasteiger charge is -2.20. The first-order chi connectivity index (χ1) is 13.0. The average molecular weight is 391 g/mol. The molecule has 2 N–H and O–H groups in total. The maximum absolute atomic E-state index is 13.6. The summed E-state index contributed by atoms with van der Waals surface area (Å²) >= 11 is 1.73. The van der Waals surface area contributed by atoms with Gasteiger partial charge in [-0.25, -0.2) is 18.6 Å². The number of carbonyl (C=O) groups is 2. The van der Waals surface area contributed by atoms with Crippen LogP contribution in [-0.4, -0.2) is 22.2 Å². The van der Waals surface area contributed by atoms with Crippen LogP contribution < -0.4 is 10.6 Å². The van der Waals surface area contributed by atoms with E-state index in [2.05, 4.69) is 10.3 Å². The van der Waals surface area contributed by atoms with E-state index < -0.39 is 29.1 Å². The Morgan fingerprint density at radius 3 is 2.37 bits per heavy atom. The van der Waals surface area contributed by atoms with Crippen molar-refractivity contribution in [1.82, 2.24) is 10.3 Å². The molecule has 1 saturated carbocycles. The minimum absolute atomic E-state index is 0.377. The third-order valence-corrected chi connectivity index (χ3v) is 5.54. The monoisotopic (exact) mass is 391 g/mol. The summed E-state index contributed by atoms with van der Waals surface area (Å²) in [5.41, 5.74) is -0.424. The van der Waals surface area contributed by atoms with E-state index in [1.807, 2.05) is 5.32 Å². The van der Waals surface area contributed by atoms with Crippen LogP contribution in [0.5, 0.6) is 0 Å². The van der Waals surface area contributed by atoms with Crippen molar-refractivity contribution in [1.29, 1.82) is 0 Å². The molecule has 1 aliphatic carbocycles. The van der Waals surface area contributed by atoms with Gasteiger partial charge in [0.05, 0.1) is 16.9 Å². The highest BCUT2D eigenvalue weighted by atomic mass is 32.2. The van der Waals surface area contributed by atoms with Crippen LogP contribution >= 0.6 is 11.8 Å². The maximum Gasteiger partial charge on any atom is 0.326 e. The van der Waals surface area contributed by atoms with Crippen LogP contribution in [0.15, 0.2) is 41.6 Å². The molecule has 1 aromatic carbocycles. The standard InChI is InChI=1S/C19H19F2N3O2S/c20-14-7-4-8-15(21)17(14)18(25)24-19(26)23-12-9-10-16(22-11-12)27-13-5-2-1-3-6-13/h4,7-11,13H,1-3,5-6H2,(H2,23,24,25,26). The first-order valence-electron chi connectivity index (χ1n) is 8.72. The molecule has 0 saturated heterocycles. The van der Waals surface area contributed by atoms with E-state index in [4.69, 9.17) is 0 Å². The number of aromatic nitrogens is 1.